The Kier molecular flexibility index (Phi) is 6.95. The molecular weight excluding hydrogens is 410 g/mol. The standard InChI is InChI=1S/C24H21N3O5/c28-23(17-31-18-8-10-20(11-9-18)32-19-5-2-1-3-6-19)25-14-16-30-24-13-12-21(26-27-24)22-7-4-15-29-22/h1-13,15H,14,16-17H2,(H,25,28). The van der Waals surface area contributed by atoms with E-state index in [0.717, 1.165) is 5.75 Å². The minimum Gasteiger partial charge on any atom is -0.484 e. The number of hydrogen-bond acceptors (Lipinski definition) is 7. The summed E-state index contributed by atoms with van der Waals surface area (Å²) < 4.78 is 22.0. The molecule has 0 atom stereocenters. The summed E-state index contributed by atoms with van der Waals surface area (Å²) in [6.07, 6.45) is 1.57. The van der Waals surface area contributed by atoms with Gasteiger partial charge in [-0.15, -0.1) is 10.2 Å². The van der Waals surface area contributed by atoms with Gasteiger partial charge in [0.2, 0.25) is 5.88 Å². The summed E-state index contributed by atoms with van der Waals surface area (Å²) in [7, 11) is 0. The number of carbonyl (C=O) groups excluding carboxylic acids is 1. The van der Waals surface area contributed by atoms with Crippen molar-refractivity contribution in [1.82, 2.24) is 15.5 Å². The van der Waals surface area contributed by atoms with Gasteiger partial charge in [0.25, 0.3) is 5.91 Å². The number of hydrogen-bond donors (Lipinski definition) is 1. The second-order valence-corrected chi connectivity index (χ2v) is 6.61. The van der Waals surface area contributed by atoms with E-state index in [9.17, 15) is 4.79 Å². The molecule has 0 bridgehead atoms. The minimum atomic E-state index is -0.252. The van der Waals surface area contributed by atoms with Gasteiger partial charge in [0.1, 0.15) is 29.5 Å². The van der Waals surface area contributed by atoms with Crippen molar-refractivity contribution in [1.29, 1.82) is 0 Å². The van der Waals surface area contributed by atoms with Gasteiger partial charge < -0.3 is 23.9 Å². The van der Waals surface area contributed by atoms with Crippen LogP contribution in [0.3, 0.4) is 0 Å². The van der Waals surface area contributed by atoms with Crippen LogP contribution in [-0.4, -0.2) is 35.9 Å². The van der Waals surface area contributed by atoms with Crippen molar-refractivity contribution in [3.8, 4) is 34.6 Å². The fourth-order valence-electron chi connectivity index (χ4n) is 2.73. The van der Waals surface area contributed by atoms with Crippen LogP contribution < -0.4 is 19.5 Å². The van der Waals surface area contributed by atoms with Crippen LogP contribution in [0.5, 0.6) is 23.1 Å². The van der Waals surface area contributed by atoms with Gasteiger partial charge in [-0.3, -0.25) is 4.79 Å². The molecule has 32 heavy (non-hydrogen) atoms. The molecule has 0 aliphatic carbocycles. The Hall–Kier alpha value is -4.33. The Morgan fingerprint density at radius 1 is 0.812 bits per heavy atom. The van der Waals surface area contributed by atoms with Crippen molar-refractivity contribution in [3.63, 3.8) is 0 Å². The topological polar surface area (TPSA) is 95.7 Å². The molecule has 0 saturated carbocycles. The molecule has 8 nitrogen and oxygen atoms in total. The third-order valence-electron chi connectivity index (χ3n) is 4.26. The zero-order chi connectivity index (χ0) is 22.0. The molecular formula is C24H21N3O5. The second-order valence-electron chi connectivity index (χ2n) is 6.61. The van der Waals surface area contributed by atoms with Crippen LogP contribution in [0.4, 0.5) is 0 Å². The highest BCUT2D eigenvalue weighted by Crippen LogP contribution is 2.23. The van der Waals surface area contributed by atoms with E-state index in [1.165, 1.54) is 0 Å². The Morgan fingerprint density at radius 3 is 2.31 bits per heavy atom. The number of nitrogens with one attached hydrogen (secondary N) is 1. The predicted octanol–water partition coefficient (Wildman–Crippen LogP) is 4.10. The van der Waals surface area contributed by atoms with E-state index >= 15 is 0 Å². The molecule has 2 heterocycles. The van der Waals surface area contributed by atoms with E-state index in [2.05, 4.69) is 15.5 Å². The van der Waals surface area contributed by atoms with Gasteiger partial charge in [0, 0.05) is 6.07 Å². The summed E-state index contributed by atoms with van der Waals surface area (Å²) in [6, 6.07) is 23.6. The predicted molar refractivity (Wildman–Crippen MR) is 117 cm³/mol. The zero-order valence-corrected chi connectivity index (χ0v) is 17.1. The molecule has 162 valence electrons. The van der Waals surface area contributed by atoms with Gasteiger partial charge in [-0.1, -0.05) is 18.2 Å². The Balaban J connectivity index is 1.13. The number of amides is 1. The lowest BCUT2D eigenvalue weighted by Gasteiger charge is -2.09. The van der Waals surface area contributed by atoms with E-state index in [-0.39, 0.29) is 19.1 Å². The molecule has 0 fully saturated rings. The molecule has 0 aliphatic rings. The third kappa shape index (κ3) is 6.09. The lowest BCUT2D eigenvalue weighted by Crippen LogP contribution is -2.32. The van der Waals surface area contributed by atoms with Crippen LogP contribution >= 0.6 is 0 Å². The maximum Gasteiger partial charge on any atom is 0.258 e. The van der Waals surface area contributed by atoms with Gasteiger partial charge >= 0.3 is 0 Å². The number of ether oxygens (including phenoxy) is 3. The molecule has 4 aromatic rings. The molecule has 0 aliphatic heterocycles. The Labute approximate surface area is 184 Å². The van der Waals surface area contributed by atoms with E-state index in [1.807, 2.05) is 30.3 Å². The third-order valence-corrected chi connectivity index (χ3v) is 4.26. The minimum absolute atomic E-state index is 0.101. The normalized spacial score (nSPS) is 10.4. The number of nitrogens with zero attached hydrogens (tertiary/aromatic N) is 2. The van der Waals surface area contributed by atoms with E-state index in [4.69, 9.17) is 18.6 Å². The van der Waals surface area contributed by atoms with Gasteiger partial charge in [-0.2, -0.15) is 0 Å². The van der Waals surface area contributed by atoms with Crippen LogP contribution in [-0.2, 0) is 4.79 Å². The van der Waals surface area contributed by atoms with E-state index in [0.29, 0.717) is 35.4 Å². The van der Waals surface area contributed by atoms with Crippen molar-refractivity contribution in [2.24, 2.45) is 0 Å². The summed E-state index contributed by atoms with van der Waals surface area (Å²) in [5.41, 5.74) is 0.618. The van der Waals surface area contributed by atoms with Crippen LogP contribution in [0, 0.1) is 0 Å². The summed E-state index contributed by atoms with van der Waals surface area (Å²) in [4.78, 5) is 12.0. The highest BCUT2D eigenvalue weighted by atomic mass is 16.5. The molecule has 8 heteroatoms. The maximum atomic E-state index is 12.0. The average molecular weight is 431 g/mol. The monoisotopic (exact) mass is 431 g/mol. The van der Waals surface area contributed by atoms with Gasteiger partial charge in [0.05, 0.1) is 12.8 Å². The first-order valence-corrected chi connectivity index (χ1v) is 9.99. The Morgan fingerprint density at radius 2 is 1.59 bits per heavy atom. The lowest BCUT2D eigenvalue weighted by molar-refractivity contribution is -0.123. The molecule has 0 unspecified atom stereocenters. The number of para-hydroxylation sites is 1. The smallest absolute Gasteiger partial charge is 0.258 e. The number of benzene rings is 2. The second kappa shape index (κ2) is 10.6. The van der Waals surface area contributed by atoms with Crippen LogP contribution in [0.2, 0.25) is 0 Å². The van der Waals surface area contributed by atoms with E-state index < -0.39 is 0 Å². The molecule has 2 aromatic heterocycles. The van der Waals surface area contributed by atoms with Gasteiger partial charge in [0.15, 0.2) is 12.4 Å². The number of furan rings is 1. The SMILES string of the molecule is O=C(COc1ccc(Oc2ccccc2)cc1)NCCOc1ccc(-c2ccco2)nn1. The zero-order valence-electron chi connectivity index (χ0n) is 17.1. The lowest BCUT2D eigenvalue weighted by atomic mass is 10.3. The summed E-state index contributed by atoms with van der Waals surface area (Å²) in [6.45, 7) is 0.468. The highest BCUT2D eigenvalue weighted by Gasteiger charge is 2.06. The number of carbonyl (C=O) groups is 1. The van der Waals surface area contributed by atoms with Crippen molar-refractivity contribution in [2.75, 3.05) is 19.8 Å². The largest absolute Gasteiger partial charge is 0.484 e. The maximum absolute atomic E-state index is 12.0. The molecule has 1 N–H and O–H groups in total. The van der Waals surface area contributed by atoms with E-state index in [1.54, 1.807) is 54.8 Å². The van der Waals surface area contributed by atoms with Gasteiger partial charge in [-0.25, -0.2) is 0 Å². The molecule has 2 aromatic carbocycles. The molecule has 1 amide bonds. The first-order valence-electron chi connectivity index (χ1n) is 9.99. The highest BCUT2D eigenvalue weighted by molar-refractivity contribution is 5.77. The number of aromatic nitrogens is 2. The van der Waals surface area contributed by atoms with Crippen molar-refractivity contribution >= 4 is 5.91 Å². The average Bonchev–Trinajstić information content (AvgIpc) is 3.38. The fraction of sp³-hybridized carbons (Fsp3) is 0.125. The van der Waals surface area contributed by atoms with Crippen molar-refractivity contribution in [2.45, 2.75) is 0 Å². The fourth-order valence-corrected chi connectivity index (χ4v) is 2.73. The van der Waals surface area contributed by atoms with Gasteiger partial charge in [-0.05, 0) is 54.6 Å². The summed E-state index contributed by atoms with van der Waals surface area (Å²) >= 11 is 0. The number of rotatable bonds is 10. The Bertz CT molecular complexity index is 1100. The van der Waals surface area contributed by atoms with Crippen LogP contribution in [0.15, 0.2) is 89.5 Å². The molecule has 0 spiro atoms. The first-order chi connectivity index (χ1) is 15.8. The molecule has 0 saturated heterocycles. The van der Waals surface area contributed by atoms with Crippen molar-refractivity contribution in [3.05, 3.63) is 85.1 Å². The summed E-state index contributed by atoms with van der Waals surface area (Å²) in [5.74, 6) is 2.76. The van der Waals surface area contributed by atoms with Crippen LogP contribution in [0.1, 0.15) is 0 Å². The summed E-state index contributed by atoms with van der Waals surface area (Å²) in [5, 5.41) is 10.7. The van der Waals surface area contributed by atoms with Crippen LogP contribution in [0.25, 0.3) is 11.5 Å². The first kappa shape index (κ1) is 20.9. The molecule has 4 rings (SSSR count). The van der Waals surface area contributed by atoms with Crippen molar-refractivity contribution < 1.29 is 23.4 Å². The quantitative estimate of drug-likeness (QED) is 0.378. The molecule has 0 radical (unpaired) electrons.